The fourth-order valence-electron chi connectivity index (χ4n) is 2.22. The maximum Gasteiger partial charge on any atom is 0.342 e. The van der Waals surface area contributed by atoms with Crippen molar-refractivity contribution in [3.8, 4) is 17.6 Å². The highest BCUT2D eigenvalue weighted by Crippen LogP contribution is 2.34. The lowest BCUT2D eigenvalue weighted by Crippen LogP contribution is -2.16. The summed E-state index contributed by atoms with van der Waals surface area (Å²) < 4.78 is 15.5. The molecule has 2 heterocycles. The molecular weight excluding hydrogens is 370 g/mol. The number of hydrogen-bond donors (Lipinski definition) is 1. The van der Waals surface area contributed by atoms with E-state index in [4.69, 9.17) is 19.5 Å². The molecule has 1 aliphatic heterocycles. The third kappa shape index (κ3) is 4.68. The normalized spacial score (nSPS) is 12.7. The molecule has 0 saturated carbocycles. The van der Waals surface area contributed by atoms with Gasteiger partial charge in [0, 0.05) is 18.0 Å². The van der Waals surface area contributed by atoms with E-state index in [9.17, 15) is 9.59 Å². The topological polar surface area (TPSA) is 111 Å². The number of thioether (sulfide) groups is 1. The molecule has 1 aromatic heterocycles. The van der Waals surface area contributed by atoms with Crippen molar-refractivity contribution in [3.63, 3.8) is 0 Å². The summed E-state index contributed by atoms with van der Waals surface area (Å²) in [4.78, 5) is 28.4. The zero-order chi connectivity index (χ0) is 19.2. The van der Waals surface area contributed by atoms with Gasteiger partial charge in [-0.05, 0) is 31.2 Å². The Bertz CT molecular complexity index is 912. The van der Waals surface area contributed by atoms with Crippen LogP contribution >= 0.6 is 11.8 Å². The molecule has 138 valence electrons. The average molecular weight is 385 g/mol. The quantitative estimate of drug-likeness (QED) is 0.597. The minimum absolute atomic E-state index is 0.0412. The molecule has 0 radical (unpaired) electrons. The number of nitrogens with zero attached hydrogens (tertiary/aromatic N) is 2. The van der Waals surface area contributed by atoms with Crippen molar-refractivity contribution in [3.05, 3.63) is 42.1 Å². The average Bonchev–Trinajstić information content (AvgIpc) is 3.14. The molecule has 0 bridgehead atoms. The van der Waals surface area contributed by atoms with Gasteiger partial charge in [-0.15, -0.1) is 0 Å². The number of carbonyl (C=O) groups is 2. The fraction of sp³-hybridized carbons (Fsp3) is 0.222. The van der Waals surface area contributed by atoms with Gasteiger partial charge in [-0.2, -0.15) is 5.26 Å². The van der Waals surface area contributed by atoms with E-state index in [-0.39, 0.29) is 24.0 Å². The van der Waals surface area contributed by atoms with Crippen LogP contribution in [0.15, 0.2) is 41.6 Å². The predicted octanol–water partition coefficient (Wildman–Crippen LogP) is 2.61. The van der Waals surface area contributed by atoms with Crippen molar-refractivity contribution >= 4 is 29.3 Å². The number of anilines is 1. The number of amides is 1. The molecule has 1 N–H and O–H groups in total. The SMILES string of the molecule is C[C@H](C#N)OC(=O)c1cccnc1SCC(=O)Nc1ccc2c(c1)OCO2. The van der Waals surface area contributed by atoms with E-state index in [1.165, 1.54) is 19.2 Å². The van der Waals surface area contributed by atoms with Crippen molar-refractivity contribution < 1.29 is 23.8 Å². The molecule has 0 unspecified atom stereocenters. The Morgan fingerprint density at radius 3 is 3.00 bits per heavy atom. The lowest BCUT2D eigenvalue weighted by atomic mass is 10.3. The van der Waals surface area contributed by atoms with Gasteiger partial charge in [-0.25, -0.2) is 9.78 Å². The second kappa shape index (κ2) is 8.42. The summed E-state index contributed by atoms with van der Waals surface area (Å²) in [6.45, 7) is 1.63. The third-order valence-electron chi connectivity index (χ3n) is 3.45. The first-order chi connectivity index (χ1) is 13.1. The Kier molecular flexibility index (Phi) is 5.78. The zero-order valence-corrected chi connectivity index (χ0v) is 15.1. The van der Waals surface area contributed by atoms with Gasteiger partial charge in [0.05, 0.1) is 11.3 Å². The van der Waals surface area contributed by atoms with Crippen LogP contribution in [0.1, 0.15) is 17.3 Å². The van der Waals surface area contributed by atoms with E-state index in [0.29, 0.717) is 22.2 Å². The molecule has 0 aliphatic carbocycles. The Balaban J connectivity index is 1.60. The molecule has 0 spiro atoms. The lowest BCUT2D eigenvalue weighted by molar-refractivity contribution is -0.113. The Hall–Kier alpha value is -3.25. The smallest absolute Gasteiger partial charge is 0.342 e. The second-order valence-electron chi connectivity index (χ2n) is 5.44. The number of carbonyl (C=O) groups excluding carboxylic acids is 2. The van der Waals surface area contributed by atoms with Crippen LogP contribution in [0.4, 0.5) is 5.69 Å². The van der Waals surface area contributed by atoms with Gasteiger partial charge in [0.15, 0.2) is 17.6 Å². The van der Waals surface area contributed by atoms with Crippen molar-refractivity contribution in [2.75, 3.05) is 17.9 Å². The summed E-state index contributed by atoms with van der Waals surface area (Å²) in [6.07, 6.45) is 0.646. The van der Waals surface area contributed by atoms with Gasteiger partial charge in [0.1, 0.15) is 11.1 Å². The summed E-state index contributed by atoms with van der Waals surface area (Å²) in [6, 6.07) is 10.1. The molecule has 1 aromatic carbocycles. The van der Waals surface area contributed by atoms with Crippen LogP contribution in [0.2, 0.25) is 0 Å². The first-order valence-corrected chi connectivity index (χ1v) is 8.93. The summed E-state index contributed by atoms with van der Waals surface area (Å²) in [7, 11) is 0. The number of hydrogen-bond acceptors (Lipinski definition) is 8. The van der Waals surface area contributed by atoms with E-state index >= 15 is 0 Å². The first-order valence-electron chi connectivity index (χ1n) is 7.94. The minimum Gasteiger partial charge on any atom is -0.454 e. The number of aromatic nitrogens is 1. The molecule has 0 saturated heterocycles. The highest BCUT2D eigenvalue weighted by molar-refractivity contribution is 8.00. The van der Waals surface area contributed by atoms with Crippen LogP contribution < -0.4 is 14.8 Å². The van der Waals surface area contributed by atoms with Gasteiger partial charge in [0.25, 0.3) is 0 Å². The van der Waals surface area contributed by atoms with Crippen LogP contribution in [0.5, 0.6) is 11.5 Å². The summed E-state index contributed by atoms with van der Waals surface area (Å²) in [5, 5.41) is 11.9. The highest BCUT2D eigenvalue weighted by atomic mass is 32.2. The van der Waals surface area contributed by atoms with Gasteiger partial charge in [-0.3, -0.25) is 4.79 Å². The Morgan fingerprint density at radius 2 is 2.19 bits per heavy atom. The number of ether oxygens (including phenoxy) is 3. The van der Waals surface area contributed by atoms with Crippen LogP contribution in [0.3, 0.4) is 0 Å². The number of pyridine rings is 1. The van der Waals surface area contributed by atoms with Crippen molar-refractivity contribution in [2.24, 2.45) is 0 Å². The van der Waals surface area contributed by atoms with E-state index < -0.39 is 12.1 Å². The number of fused-ring (bicyclic) bond motifs is 1. The molecular formula is C18H15N3O5S. The largest absolute Gasteiger partial charge is 0.454 e. The molecule has 27 heavy (non-hydrogen) atoms. The van der Waals surface area contributed by atoms with Gasteiger partial charge < -0.3 is 19.5 Å². The lowest BCUT2D eigenvalue weighted by Gasteiger charge is -2.10. The van der Waals surface area contributed by atoms with Crippen molar-refractivity contribution in [1.82, 2.24) is 4.98 Å². The first kappa shape index (κ1) is 18.5. The molecule has 1 atom stereocenters. The monoisotopic (exact) mass is 385 g/mol. The second-order valence-corrected chi connectivity index (χ2v) is 6.40. The molecule has 9 heteroatoms. The van der Waals surface area contributed by atoms with Gasteiger partial charge in [0.2, 0.25) is 12.7 Å². The molecule has 1 aliphatic rings. The summed E-state index contributed by atoms with van der Waals surface area (Å²) in [5.41, 5.74) is 0.786. The van der Waals surface area contributed by atoms with Gasteiger partial charge in [-0.1, -0.05) is 11.8 Å². The van der Waals surface area contributed by atoms with Crippen molar-refractivity contribution in [2.45, 2.75) is 18.1 Å². The number of rotatable bonds is 6. The van der Waals surface area contributed by atoms with E-state index in [1.54, 1.807) is 24.3 Å². The number of benzene rings is 1. The van der Waals surface area contributed by atoms with E-state index in [2.05, 4.69) is 10.3 Å². The Morgan fingerprint density at radius 1 is 1.37 bits per heavy atom. The molecule has 2 aromatic rings. The van der Waals surface area contributed by atoms with E-state index in [1.807, 2.05) is 6.07 Å². The molecule has 0 fully saturated rings. The number of nitriles is 1. The minimum atomic E-state index is -0.870. The molecule has 1 amide bonds. The van der Waals surface area contributed by atoms with Crippen molar-refractivity contribution in [1.29, 1.82) is 5.26 Å². The third-order valence-corrected chi connectivity index (χ3v) is 4.46. The van der Waals surface area contributed by atoms with Crippen LogP contribution in [-0.4, -0.2) is 35.5 Å². The fourth-order valence-corrected chi connectivity index (χ4v) is 3.00. The maximum atomic E-state index is 12.2. The summed E-state index contributed by atoms with van der Waals surface area (Å²) in [5.74, 6) is 0.317. The van der Waals surface area contributed by atoms with Crippen LogP contribution in [-0.2, 0) is 9.53 Å². The van der Waals surface area contributed by atoms with Gasteiger partial charge >= 0.3 is 5.97 Å². The summed E-state index contributed by atoms with van der Waals surface area (Å²) >= 11 is 1.10. The van der Waals surface area contributed by atoms with Crippen LogP contribution in [0, 0.1) is 11.3 Å². The predicted molar refractivity (Wildman–Crippen MR) is 96.6 cm³/mol. The van der Waals surface area contributed by atoms with Crippen LogP contribution in [0.25, 0.3) is 0 Å². The highest BCUT2D eigenvalue weighted by Gasteiger charge is 2.18. The zero-order valence-electron chi connectivity index (χ0n) is 14.3. The standard InChI is InChI=1S/C18H15N3O5S/c1-11(8-19)26-18(23)13-3-2-6-20-17(13)27-9-16(22)21-12-4-5-14-15(7-12)25-10-24-14/h2-7,11H,9-10H2,1H3,(H,21,22)/t11-/m1/s1. The molecule has 3 rings (SSSR count). The number of nitrogens with one attached hydrogen (secondary N) is 1. The molecule has 8 nitrogen and oxygen atoms in total. The maximum absolute atomic E-state index is 12.2. The van der Waals surface area contributed by atoms with E-state index in [0.717, 1.165) is 11.8 Å². The number of esters is 1. The Labute approximate surface area is 159 Å².